The maximum Gasteiger partial charge on any atom is 0.338 e. The smallest absolute Gasteiger partial charge is 0.338 e. The molecule has 0 bridgehead atoms. The van der Waals surface area contributed by atoms with Gasteiger partial charge in [-0.1, -0.05) is 0 Å². The largest absolute Gasteiger partial charge is 0.478 e. The SMILES string of the molecule is CN(C)CCN(C)c1nccc(C(=O)O)c1F. The van der Waals surface area contributed by atoms with E-state index < -0.39 is 11.8 Å². The van der Waals surface area contributed by atoms with Crippen molar-refractivity contribution in [2.75, 3.05) is 39.1 Å². The Morgan fingerprint density at radius 3 is 2.59 bits per heavy atom. The molecule has 0 saturated carbocycles. The van der Waals surface area contributed by atoms with E-state index in [4.69, 9.17) is 5.11 Å². The molecular weight excluding hydrogens is 225 g/mol. The minimum atomic E-state index is -1.29. The highest BCUT2D eigenvalue weighted by Gasteiger charge is 2.17. The van der Waals surface area contributed by atoms with Gasteiger partial charge in [0.05, 0.1) is 0 Å². The number of carboxylic acids is 1. The molecule has 94 valence electrons. The van der Waals surface area contributed by atoms with E-state index in [0.717, 1.165) is 12.6 Å². The van der Waals surface area contributed by atoms with Crippen molar-refractivity contribution in [2.24, 2.45) is 0 Å². The summed E-state index contributed by atoms with van der Waals surface area (Å²) in [6.07, 6.45) is 1.30. The van der Waals surface area contributed by atoms with Gasteiger partial charge in [0.2, 0.25) is 0 Å². The lowest BCUT2D eigenvalue weighted by atomic mass is 10.2. The maximum absolute atomic E-state index is 13.8. The second-order valence-electron chi connectivity index (χ2n) is 4.03. The van der Waals surface area contributed by atoms with Crippen molar-refractivity contribution < 1.29 is 14.3 Å². The summed E-state index contributed by atoms with van der Waals surface area (Å²) in [6, 6.07) is 1.15. The fraction of sp³-hybridized carbons (Fsp3) is 0.455. The summed E-state index contributed by atoms with van der Waals surface area (Å²) >= 11 is 0. The summed E-state index contributed by atoms with van der Waals surface area (Å²) in [5.41, 5.74) is -0.355. The van der Waals surface area contributed by atoms with E-state index in [1.807, 2.05) is 19.0 Å². The molecule has 1 N–H and O–H groups in total. The third-order valence-corrected chi connectivity index (χ3v) is 2.35. The number of hydrogen-bond acceptors (Lipinski definition) is 4. The van der Waals surface area contributed by atoms with Crippen molar-refractivity contribution in [3.05, 3.63) is 23.6 Å². The Kier molecular flexibility index (Phi) is 4.39. The first-order valence-electron chi connectivity index (χ1n) is 5.17. The van der Waals surface area contributed by atoms with Crippen molar-refractivity contribution in [2.45, 2.75) is 0 Å². The molecule has 0 fully saturated rings. The highest BCUT2D eigenvalue weighted by atomic mass is 19.1. The zero-order valence-corrected chi connectivity index (χ0v) is 10.1. The fourth-order valence-corrected chi connectivity index (χ4v) is 1.32. The van der Waals surface area contributed by atoms with Crippen LogP contribution in [0.5, 0.6) is 0 Å². The number of likely N-dealkylation sites (N-methyl/N-ethyl adjacent to an activating group) is 2. The summed E-state index contributed by atoms with van der Waals surface area (Å²) < 4.78 is 13.8. The van der Waals surface area contributed by atoms with Crippen LogP contribution < -0.4 is 4.90 Å². The predicted molar refractivity (Wildman–Crippen MR) is 63.0 cm³/mol. The second-order valence-corrected chi connectivity index (χ2v) is 4.03. The summed E-state index contributed by atoms with van der Waals surface area (Å²) in [5, 5.41) is 8.80. The predicted octanol–water partition coefficient (Wildman–Crippen LogP) is 0.917. The molecule has 0 atom stereocenters. The molecule has 0 spiro atoms. The molecular formula is C11H16FN3O2. The molecule has 1 aromatic rings. The minimum absolute atomic E-state index is 0.0618. The Morgan fingerprint density at radius 2 is 2.06 bits per heavy atom. The summed E-state index contributed by atoms with van der Waals surface area (Å²) in [7, 11) is 5.50. The number of halogens is 1. The Balaban J connectivity index is 2.90. The average molecular weight is 241 g/mol. The fourth-order valence-electron chi connectivity index (χ4n) is 1.32. The van der Waals surface area contributed by atoms with E-state index in [9.17, 15) is 9.18 Å². The van der Waals surface area contributed by atoms with E-state index in [2.05, 4.69) is 4.98 Å². The molecule has 0 unspecified atom stereocenters. The molecule has 0 aliphatic heterocycles. The van der Waals surface area contributed by atoms with Crippen LogP contribution in [-0.4, -0.2) is 55.2 Å². The van der Waals surface area contributed by atoms with Crippen molar-refractivity contribution >= 4 is 11.8 Å². The van der Waals surface area contributed by atoms with E-state index >= 15 is 0 Å². The molecule has 0 aliphatic rings. The first-order chi connectivity index (χ1) is 7.93. The van der Waals surface area contributed by atoms with Crippen molar-refractivity contribution in [3.63, 3.8) is 0 Å². The van der Waals surface area contributed by atoms with Gasteiger partial charge in [-0.25, -0.2) is 14.2 Å². The highest BCUT2D eigenvalue weighted by Crippen LogP contribution is 2.18. The standard InChI is InChI=1S/C11H16FN3O2/c1-14(2)6-7-15(3)10-9(12)8(11(16)17)4-5-13-10/h4-5H,6-7H2,1-3H3,(H,16,17). The second kappa shape index (κ2) is 5.58. The molecule has 0 aliphatic carbocycles. The molecule has 0 amide bonds. The quantitative estimate of drug-likeness (QED) is 0.830. The number of carboxylic acid groups (broad SMARTS) is 1. The van der Waals surface area contributed by atoms with E-state index in [0.29, 0.717) is 6.54 Å². The number of pyridine rings is 1. The number of anilines is 1. The number of aromatic nitrogens is 1. The van der Waals surface area contributed by atoms with Gasteiger partial charge in [-0.15, -0.1) is 0 Å². The Labute approximate surface area is 99.5 Å². The van der Waals surface area contributed by atoms with Gasteiger partial charge >= 0.3 is 5.97 Å². The number of nitrogens with zero attached hydrogens (tertiary/aromatic N) is 3. The topological polar surface area (TPSA) is 56.7 Å². The van der Waals surface area contributed by atoms with Gasteiger partial charge < -0.3 is 14.9 Å². The molecule has 17 heavy (non-hydrogen) atoms. The molecule has 1 heterocycles. The van der Waals surface area contributed by atoms with E-state index in [-0.39, 0.29) is 11.4 Å². The third kappa shape index (κ3) is 3.39. The number of rotatable bonds is 5. The normalized spacial score (nSPS) is 10.6. The lowest BCUT2D eigenvalue weighted by Crippen LogP contribution is -2.30. The first kappa shape index (κ1) is 13.4. The van der Waals surface area contributed by atoms with Crippen LogP contribution in [0.3, 0.4) is 0 Å². The summed E-state index contributed by atoms with van der Waals surface area (Å²) in [6.45, 7) is 1.30. The van der Waals surface area contributed by atoms with E-state index in [1.54, 1.807) is 11.9 Å². The first-order valence-corrected chi connectivity index (χ1v) is 5.17. The van der Waals surface area contributed by atoms with Crippen LogP contribution >= 0.6 is 0 Å². The summed E-state index contributed by atoms with van der Waals surface area (Å²) in [4.78, 5) is 18.2. The highest BCUT2D eigenvalue weighted by molar-refractivity contribution is 5.88. The zero-order valence-electron chi connectivity index (χ0n) is 10.1. The van der Waals surface area contributed by atoms with Gasteiger partial charge in [-0.05, 0) is 20.2 Å². The molecule has 0 radical (unpaired) electrons. The van der Waals surface area contributed by atoms with Crippen LogP contribution in [0.4, 0.5) is 10.2 Å². The molecule has 1 rings (SSSR count). The summed E-state index contributed by atoms with van der Waals surface area (Å²) in [5.74, 6) is -2.01. The zero-order chi connectivity index (χ0) is 13.0. The van der Waals surface area contributed by atoms with Gasteiger partial charge in [0.15, 0.2) is 11.6 Å². The van der Waals surface area contributed by atoms with E-state index in [1.165, 1.54) is 6.20 Å². The van der Waals surface area contributed by atoms with Crippen LogP contribution in [0.15, 0.2) is 12.3 Å². The molecule has 0 saturated heterocycles. The molecule has 0 aromatic carbocycles. The van der Waals surface area contributed by atoms with Gasteiger partial charge in [-0.2, -0.15) is 0 Å². The van der Waals surface area contributed by atoms with Crippen LogP contribution in [-0.2, 0) is 0 Å². The van der Waals surface area contributed by atoms with Crippen molar-refractivity contribution in [1.82, 2.24) is 9.88 Å². The molecule has 5 nitrogen and oxygen atoms in total. The number of carbonyl (C=O) groups is 1. The monoisotopic (exact) mass is 241 g/mol. The van der Waals surface area contributed by atoms with Crippen LogP contribution in [0.2, 0.25) is 0 Å². The van der Waals surface area contributed by atoms with Crippen molar-refractivity contribution in [3.8, 4) is 0 Å². The van der Waals surface area contributed by atoms with Crippen LogP contribution in [0.1, 0.15) is 10.4 Å². The number of aromatic carboxylic acids is 1. The lowest BCUT2D eigenvalue weighted by molar-refractivity contribution is 0.0692. The Morgan fingerprint density at radius 1 is 1.41 bits per heavy atom. The van der Waals surface area contributed by atoms with Crippen LogP contribution in [0.25, 0.3) is 0 Å². The van der Waals surface area contributed by atoms with Crippen LogP contribution in [0, 0.1) is 5.82 Å². The number of hydrogen-bond donors (Lipinski definition) is 1. The van der Waals surface area contributed by atoms with Crippen molar-refractivity contribution in [1.29, 1.82) is 0 Å². The van der Waals surface area contributed by atoms with Gasteiger partial charge in [0, 0.05) is 26.3 Å². The lowest BCUT2D eigenvalue weighted by Gasteiger charge is -2.21. The van der Waals surface area contributed by atoms with Gasteiger partial charge in [0.1, 0.15) is 5.56 Å². The Hall–Kier alpha value is -1.69. The van der Waals surface area contributed by atoms with Gasteiger partial charge in [0.25, 0.3) is 0 Å². The van der Waals surface area contributed by atoms with Gasteiger partial charge in [-0.3, -0.25) is 0 Å². The average Bonchev–Trinajstić information content (AvgIpc) is 2.25. The maximum atomic E-state index is 13.8. The Bertz CT molecular complexity index is 410. The third-order valence-electron chi connectivity index (χ3n) is 2.35. The minimum Gasteiger partial charge on any atom is -0.478 e. The molecule has 6 heteroatoms. The molecule has 1 aromatic heterocycles.